The van der Waals surface area contributed by atoms with Gasteiger partial charge in [0.15, 0.2) is 11.3 Å². The van der Waals surface area contributed by atoms with E-state index in [0.717, 1.165) is 4.88 Å². The summed E-state index contributed by atoms with van der Waals surface area (Å²) in [5.41, 5.74) is 2.69. The summed E-state index contributed by atoms with van der Waals surface area (Å²) >= 11 is 1.37. The van der Waals surface area contributed by atoms with Crippen LogP contribution < -0.4 is 0 Å². The molecule has 2 rings (SSSR count). The number of nitrogens with one attached hydrogen (secondary N) is 1. The zero-order valence-corrected chi connectivity index (χ0v) is 5.59. The summed E-state index contributed by atoms with van der Waals surface area (Å²) in [6.45, 7) is 0. The van der Waals surface area contributed by atoms with Crippen molar-refractivity contribution in [3.63, 3.8) is 0 Å². The zero-order valence-electron chi connectivity index (χ0n) is 4.77. The smallest absolute Gasteiger partial charge is 0.191 e. The Morgan fingerprint density at radius 2 is 2.60 bits per heavy atom. The minimum atomic E-state index is 0.638. The van der Waals surface area contributed by atoms with E-state index in [2.05, 4.69) is 31.1 Å². The van der Waals surface area contributed by atoms with E-state index in [1.165, 1.54) is 11.3 Å². The molecule has 0 amide bonds. The van der Waals surface area contributed by atoms with Gasteiger partial charge in [0.1, 0.15) is 0 Å². The standard InChI is InChI=1S/C4H2N5S/c1-3(10-2-5-1)4-6-8-9-7-4/h1H,(H,6,7,8,9). The molecule has 0 atom stereocenters. The monoisotopic (exact) mass is 152 g/mol. The molecule has 0 aliphatic heterocycles. The molecule has 6 heteroatoms. The quantitative estimate of drug-likeness (QED) is 0.630. The van der Waals surface area contributed by atoms with Crippen LogP contribution in [0.5, 0.6) is 0 Å². The molecule has 0 aliphatic rings. The van der Waals surface area contributed by atoms with Crippen molar-refractivity contribution < 1.29 is 0 Å². The van der Waals surface area contributed by atoms with Gasteiger partial charge in [-0.05, 0) is 10.4 Å². The van der Waals surface area contributed by atoms with E-state index in [9.17, 15) is 0 Å². The van der Waals surface area contributed by atoms with Crippen LogP contribution in [-0.4, -0.2) is 25.6 Å². The molecule has 49 valence electrons. The minimum Gasteiger partial charge on any atom is -0.241 e. The van der Waals surface area contributed by atoms with Crippen LogP contribution in [0.4, 0.5) is 0 Å². The number of rotatable bonds is 1. The third kappa shape index (κ3) is 0.781. The van der Waals surface area contributed by atoms with Crippen molar-refractivity contribution in [3.8, 4) is 10.7 Å². The van der Waals surface area contributed by atoms with Gasteiger partial charge in [0.25, 0.3) is 0 Å². The molecule has 0 saturated heterocycles. The highest BCUT2D eigenvalue weighted by Gasteiger charge is 2.01. The molecule has 0 spiro atoms. The molecule has 0 aliphatic carbocycles. The van der Waals surface area contributed by atoms with Crippen LogP contribution in [-0.2, 0) is 0 Å². The van der Waals surface area contributed by atoms with Crippen molar-refractivity contribution in [3.05, 3.63) is 11.7 Å². The second-order valence-electron chi connectivity index (χ2n) is 1.57. The Balaban J connectivity index is 2.48. The van der Waals surface area contributed by atoms with Crippen LogP contribution in [0.25, 0.3) is 10.7 Å². The number of thiazole rings is 1. The van der Waals surface area contributed by atoms with Gasteiger partial charge in [0.2, 0.25) is 0 Å². The van der Waals surface area contributed by atoms with E-state index in [0.29, 0.717) is 5.82 Å². The summed E-state index contributed by atoms with van der Waals surface area (Å²) in [6.07, 6.45) is 1.66. The zero-order chi connectivity index (χ0) is 6.81. The maximum atomic E-state index is 3.76. The summed E-state index contributed by atoms with van der Waals surface area (Å²) in [5, 5.41) is 13.2. The lowest BCUT2D eigenvalue weighted by atomic mass is 10.5. The first-order chi connectivity index (χ1) is 4.97. The Morgan fingerprint density at radius 1 is 1.60 bits per heavy atom. The summed E-state index contributed by atoms with van der Waals surface area (Å²) in [5.74, 6) is 0.638. The second-order valence-corrected chi connectivity index (χ2v) is 2.39. The van der Waals surface area contributed by atoms with Crippen molar-refractivity contribution in [1.82, 2.24) is 25.6 Å². The van der Waals surface area contributed by atoms with Crippen LogP contribution in [0.2, 0.25) is 0 Å². The van der Waals surface area contributed by atoms with Gasteiger partial charge in [-0.25, -0.2) is 10.1 Å². The molecule has 0 fully saturated rings. The topological polar surface area (TPSA) is 67.3 Å². The van der Waals surface area contributed by atoms with E-state index in [1.807, 2.05) is 0 Å². The molecule has 10 heavy (non-hydrogen) atoms. The fourth-order valence-electron chi connectivity index (χ4n) is 0.560. The second kappa shape index (κ2) is 2.14. The lowest BCUT2D eigenvalue weighted by Gasteiger charge is -1.79. The van der Waals surface area contributed by atoms with Crippen molar-refractivity contribution in [2.75, 3.05) is 0 Å². The Hall–Kier alpha value is -1.30. The van der Waals surface area contributed by atoms with Gasteiger partial charge in [-0.3, -0.25) is 0 Å². The molecule has 5 nitrogen and oxygen atoms in total. The minimum absolute atomic E-state index is 0.638. The molecule has 0 aromatic carbocycles. The predicted octanol–water partition coefficient (Wildman–Crippen LogP) is 0.123. The number of H-pyrrole nitrogens is 1. The molecule has 2 aromatic rings. The molecule has 0 unspecified atom stereocenters. The molecule has 0 bridgehead atoms. The number of tetrazole rings is 1. The number of nitrogens with zero attached hydrogens (tertiary/aromatic N) is 4. The molecule has 1 N–H and O–H groups in total. The van der Waals surface area contributed by atoms with E-state index in [4.69, 9.17) is 0 Å². The van der Waals surface area contributed by atoms with Gasteiger partial charge in [-0.2, -0.15) is 0 Å². The molecular formula is C4H2N5S. The highest BCUT2D eigenvalue weighted by Crippen LogP contribution is 2.15. The van der Waals surface area contributed by atoms with E-state index in [-0.39, 0.29) is 0 Å². The number of aromatic nitrogens is 5. The van der Waals surface area contributed by atoms with Crippen molar-refractivity contribution in [2.24, 2.45) is 0 Å². The number of aromatic amines is 1. The molecule has 2 aromatic heterocycles. The van der Waals surface area contributed by atoms with Crippen LogP contribution in [0.15, 0.2) is 6.20 Å². The first kappa shape index (κ1) is 5.48. The normalized spacial score (nSPS) is 10.0. The first-order valence-electron chi connectivity index (χ1n) is 2.53. The molecular weight excluding hydrogens is 150 g/mol. The van der Waals surface area contributed by atoms with Crippen LogP contribution in [0.1, 0.15) is 0 Å². The number of hydrogen-bond acceptors (Lipinski definition) is 5. The van der Waals surface area contributed by atoms with Crippen LogP contribution in [0, 0.1) is 5.51 Å². The van der Waals surface area contributed by atoms with Crippen molar-refractivity contribution in [1.29, 1.82) is 0 Å². The molecule has 0 saturated carbocycles. The van der Waals surface area contributed by atoms with Crippen LogP contribution >= 0.6 is 11.3 Å². The van der Waals surface area contributed by atoms with Gasteiger partial charge in [0.05, 0.1) is 4.88 Å². The predicted molar refractivity (Wildman–Crippen MR) is 34.1 cm³/mol. The summed E-state index contributed by atoms with van der Waals surface area (Å²) in [7, 11) is 0. The van der Waals surface area contributed by atoms with Crippen LogP contribution in [0.3, 0.4) is 0 Å². The Morgan fingerprint density at radius 3 is 3.20 bits per heavy atom. The van der Waals surface area contributed by atoms with Crippen molar-refractivity contribution >= 4 is 11.3 Å². The Kier molecular flexibility index (Phi) is 1.17. The van der Waals surface area contributed by atoms with Gasteiger partial charge in [-0.1, -0.05) is 0 Å². The lowest BCUT2D eigenvalue weighted by Crippen LogP contribution is -1.73. The number of hydrogen-bond donors (Lipinski definition) is 1. The van der Waals surface area contributed by atoms with E-state index < -0.39 is 0 Å². The highest BCUT2D eigenvalue weighted by atomic mass is 32.1. The Bertz CT molecular complexity index is 253. The van der Waals surface area contributed by atoms with E-state index in [1.54, 1.807) is 6.20 Å². The van der Waals surface area contributed by atoms with Crippen molar-refractivity contribution in [2.45, 2.75) is 0 Å². The fraction of sp³-hybridized carbons (Fsp3) is 0. The van der Waals surface area contributed by atoms with Gasteiger partial charge in [0, 0.05) is 6.20 Å². The molecule has 2 heterocycles. The largest absolute Gasteiger partial charge is 0.241 e. The Labute approximate surface area is 60.1 Å². The van der Waals surface area contributed by atoms with Gasteiger partial charge < -0.3 is 0 Å². The maximum Gasteiger partial charge on any atom is 0.191 e. The third-order valence-electron chi connectivity index (χ3n) is 0.969. The SMILES string of the molecule is [c]1ncc(-c2nnn[nH]2)s1. The highest BCUT2D eigenvalue weighted by molar-refractivity contribution is 7.12. The summed E-state index contributed by atoms with van der Waals surface area (Å²) in [6, 6.07) is 0. The first-order valence-corrected chi connectivity index (χ1v) is 3.34. The molecule has 1 radical (unpaired) electrons. The van der Waals surface area contributed by atoms with Gasteiger partial charge >= 0.3 is 0 Å². The summed E-state index contributed by atoms with van der Waals surface area (Å²) < 4.78 is 0. The maximum absolute atomic E-state index is 3.76. The third-order valence-corrected chi connectivity index (χ3v) is 1.68. The lowest BCUT2D eigenvalue weighted by molar-refractivity contribution is 0.881. The van der Waals surface area contributed by atoms with Gasteiger partial charge in [-0.15, -0.1) is 16.4 Å². The fourth-order valence-corrected chi connectivity index (χ4v) is 1.05. The summed E-state index contributed by atoms with van der Waals surface area (Å²) in [4.78, 5) is 4.65. The average molecular weight is 152 g/mol. The average Bonchev–Trinajstić information content (AvgIpc) is 2.59. The van der Waals surface area contributed by atoms with E-state index >= 15 is 0 Å².